The minimum absolute atomic E-state index is 0.411. The third-order valence-corrected chi connectivity index (χ3v) is 3.84. The molecule has 1 fully saturated rings. The van der Waals surface area contributed by atoms with Crippen LogP contribution in [0.5, 0.6) is 0 Å². The van der Waals surface area contributed by atoms with E-state index in [4.69, 9.17) is 10.5 Å². The van der Waals surface area contributed by atoms with E-state index < -0.39 is 0 Å². The molecule has 1 saturated heterocycles. The van der Waals surface area contributed by atoms with E-state index in [0.29, 0.717) is 12.2 Å². The molecular formula is C14H20N2O. The van der Waals surface area contributed by atoms with Crippen molar-refractivity contribution in [2.45, 2.75) is 38.4 Å². The van der Waals surface area contributed by atoms with Crippen molar-refractivity contribution in [1.82, 2.24) is 0 Å². The van der Waals surface area contributed by atoms with Gasteiger partial charge in [0.05, 0.1) is 12.2 Å². The second-order valence-electron chi connectivity index (χ2n) is 5.23. The summed E-state index contributed by atoms with van der Waals surface area (Å²) in [6.45, 7) is 4.30. The standard InChI is InChI=1S/C14H20N2O/c1-10-2-4-13(17-10)9-16-7-6-11-8-12(15)3-5-14(11)16/h3,5,8,10,13H,2,4,6-7,9,15H2,1H3. The highest BCUT2D eigenvalue weighted by Gasteiger charge is 2.27. The van der Waals surface area contributed by atoms with Crippen molar-refractivity contribution in [3.05, 3.63) is 23.8 Å². The molecule has 0 saturated carbocycles. The van der Waals surface area contributed by atoms with Gasteiger partial charge in [0.15, 0.2) is 0 Å². The Balaban J connectivity index is 1.71. The number of benzene rings is 1. The first kappa shape index (κ1) is 10.9. The first-order valence-corrected chi connectivity index (χ1v) is 6.51. The van der Waals surface area contributed by atoms with Crippen LogP contribution in [0.25, 0.3) is 0 Å². The van der Waals surface area contributed by atoms with Gasteiger partial charge in [0.25, 0.3) is 0 Å². The molecule has 17 heavy (non-hydrogen) atoms. The first-order valence-electron chi connectivity index (χ1n) is 6.51. The van der Waals surface area contributed by atoms with Crippen molar-refractivity contribution in [1.29, 1.82) is 0 Å². The van der Waals surface area contributed by atoms with Gasteiger partial charge in [0.2, 0.25) is 0 Å². The number of nitrogens with two attached hydrogens (primary N) is 1. The SMILES string of the molecule is CC1CCC(CN2CCc3cc(N)ccc32)O1. The molecule has 2 N–H and O–H groups in total. The number of anilines is 2. The van der Waals surface area contributed by atoms with Crippen molar-refractivity contribution < 1.29 is 4.74 Å². The lowest BCUT2D eigenvalue weighted by molar-refractivity contribution is 0.0602. The van der Waals surface area contributed by atoms with Crippen molar-refractivity contribution in [2.24, 2.45) is 0 Å². The Bertz CT molecular complexity index is 419. The molecule has 0 aromatic heterocycles. The number of nitrogens with zero attached hydrogens (tertiary/aromatic N) is 1. The Kier molecular flexibility index (Phi) is 2.71. The van der Waals surface area contributed by atoms with Crippen molar-refractivity contribution in [3.63, 3.8) is 0 Å². The summed E-state index contributed by atoms with van der Waals surface area (Å²) in [7, 11) is 0. The molecule has 3 heteroatoms. The molecule has 2 heterocycles. The van der Waals surface area contributed by atoms with E-state index in [1.807, 2.05) is 6.07 Å². The molecule has 0 radical (unpaired) electrons. The number of rotatable bonds is 2. The van der Waals surface area contributed by atoms with Gasteiger partial charge < -0.3 is 15.4 Å². The van der Waals surface area contributed by atoms with Gasteiger partial charge in [0, 0.05) is 24.5 Å². The van der Waals surface area contributed by atoms with Gasteiger partial charge >= 0.3 is 0 Å². The average Bonchev–Trinajstić information content (AvgIpc) is 2.86. The number of hydrogen-bond donors (Lipinski definition) is 1. The molecule has 1 aromatic rings. The maximum absolute atomic E-state index is 5.90. The Hall–Kier alpha value is -1.22. The van der Waals surface area contributed by atoms with Gasteiger partial charge in [-0.25, -0.2) is 0 Å². The van der Waals surface area contributed by atoms with Gasteiger partial charge in [-0.1, -0.05) is 0 Å². The van der Waals surface area contributed by atoms with E-state index in [1.54, 1.807) is 0 Å². The van der Waals surface area contributed by atoms with Gasteiger partial charge in [-0.3, -0.25) is 0 Å². The third-order valence-electron chi connectivity index (χ3n) is 3.84. The second kappa shape index (κ2) is 4.22. The monoisotopic (exact) mass is 232 g/mol. The molecule has 2 atom stereocenters. The lowest BCUT2D eigenvalue weighted by atomic mass is 10.1. The molecule has 1 aromatic carbocycles. The molecule has 0 amide bonds. The van der Waals surface area contributed by atoms with Crippen LogP contribution in [0.3, 0.4) is 0 Å². The van der Waals surface area contributed by atoms with E-state index >= 15 is 0 Å². The topological polar surface area (TPSA) is 38.5 Å². The molecule has 2 unspecified atom stereocenters. The Morgan fingerprint density at radius 1 is 1.41 bits per heavy atom. The average molecular weight is 232 g/mol. The minimum atomic E-state index is 0.411. The third kappa shape index (κ3) is 2.12. The summed E-state index contributed by atoms with van der Waals surface area (Å²) in [6, 6.07) is 6.25. The van der Waals surface area contributed by atoms with Crippen molar-refractivity contribution in [3.8, 4) is 0 Å². The highest BCUT2D eigenvalue weighted by Crippen LogP contribution is 2.31. The smallest absolute Gasteiger partial charge is 0.0754 e. The van der Waals surface area contributed by atoms with Crippen LogP contribution in [0.2, 0.25) is 0 Å². The second-order valence-corrected chi connectivity index (χ2v) is 5.23. The number of ether oxygens (including phenoxy) is 1. The van der Waals surface area contributed by atoms with Crippen molar-refractivity contribution in [2.75, 3.05) is 23.7 Å². The number of nitrogen functional groups attached to an aromatic ring is 1. The fraction of sp³-hybridized carbons (Fsp3) is 0.571. The summed E-state index contributed by atoms with van der Waals surface area (Å²) < 4.78 is 5.90. The quantitative estimate of drug-likeness (QED) is 0.794. The summed E-state index contributed by atoms with van der Waals surface area (Å²) in [5.41, 5.74) is 9.42. The van der Waals surface area contributed by atoms with Crippen molar-refractivity contribution >= 4 is 11.4 Å². The van der Waals surface area contributed by atoms with Crippen LogP contribution in [-0.2, 0) is 11.2 Å². The Labute approximate surface area is 103 Å². The van der Waals surface area contributed by atoms with Crippen LogP contribution < -0.4 is 10.6 Å². The molecule has 92 valence electrons. The highest BCUT2D eigenvalue weighted by atomic mass is 16.5. The summed E-state index contributed by atoms with van der Waals surface area (Å²) in [5.74, 6) is 0. The van der Waals surface area contributed by atoms with Gasteiger partial charge in [-0.15, -0.1) is 0 Å². The largest absolute Gasteiger partial charge is 0.399 e. The molecule has 0 bridgehead atoms. The fourth-order valence-electron chi connectivity index (χ4n) is 2.95. The molecule has 0 aliphatic carbocycles. The number of fused-ring (bicyclic) bond motifs is 1. The molecule has 2 aliphatic heterocycles. The maximum atomic E-state index is 5.90. The van der Waals surface area contributed by atoms with Crippen LogP contribution in [0.4, 0.5) is 11.4 Å². The summed E-state index contributed by atoms with van der Waals surface area (Å²) >= 11 is 0. The van der Waals surface area contributed by atoms with E-state index in [-0.39, 0.29) is 0 Å². The zero-order chi connectivity index (χ0) is 11.8. The zero-order valence-electron chi connectivity index (χ0n) is 10.4. The van der Waals surface area contributed by atoms with Crippen LogP contribution in [0.1, 0.15) is 25.3 Å². The van der Waals surface area contributed by atoms with Crippen LogP contribution in [-0.4, -0.2) is 25.3 Å². The molecule has 3 rings (SSSR count). The number of hydrogen-bond acceptors (Lipinski definition) is 3. The lowest BCUT2D eigenvalue weighted by Crippen LogP contribution is -2.31. The first-order chi connectivity index (χ1) is 8.22. The van der Waals surface area contributed by atoms with E-state index in [2.05, 4.69) is 24.0 Å². The van der Waals surface area contributed by atoms with Crippen LogP contribution >= 0.6 is 0 Å². The lowest BCUT2D eigenvalue weighted by Gasteiger charge is -2.23. The van der Waals surface area contributed by atoms with E-state index in [1.165, 1.54) is 24.1 Å². The van der Waals surface area contributed by atoms with Gasteiger partial charge in [0.1, 0.15) is 0 Å². The molecular weight excluding hydrogens is 212 g/mol. The van der Waals surface area contributed by atoms with Crippen LogP contribution in [0, 0.1) is 0 Å². The fourth-order valence-corrected chi connectivity index (χ4v) is 2.95. The predicted molar refractivity (Wildman–Crippen MR) is 70.3 cm³/mol. The van der Waals surface area contributed by atoms with E-state index in [9.17, 15) is 0 Å². The maximum Gasteiger partial charge on any atom is 0.0754 e. The zero-order valence-corrected chi connectivity index (χ0v) is 10.4. The summed E-state index contributed by atoms with van der Waals surface area (Å²) in [4.78, 5) is 2.44. The molecule has 0 spiro atoms. The highest BCUT2D eigenvalue weighted by molar-refractivity contribution is 5.63. The Morgan fingerprint density at radius 3 is 3.06 bits per heavy atom. The minimum Gasteiger partial charge on any atom is -0.399 e. The van der Waals surface area contributed by atoms with Crippen LogP contribution in [0.15, 0.2) is 18.2 Å². The normalized spacial score (nSPS) is 27.5. The Morgan fingerprint density at radius 2 is 2.29 bits per heavy atom. The molecule has 3 nitrogen and oxygen atoms in total. The summed E-state index contributed by atoms with van der Waals surface area (Å²) in [6.07, 6.45) is 4.36. The van der Waals surface area contributed by atoms with Gasteiger partial charge in [-0.05, 0) is 49.9 Å². The predicted octanol–water partition coefficient (Wildman–Crippen LogP) is 2.20. The van der Waals surface area contributed by atoms with E-state index in [0.717, 1.165) is 25.2 Å². The molecule has 2 aliphatic rings. The van der Waals surface area contributed by atoms with Gasteiger partial charge in [-0.2, -0.15) is 0 Å². The summed E-state index contributed by atoms with van der Waals surface area (Å²) in [5, 5.41) is 0.